The fourth-order valence-corrected chi connectivity index (χ4v) is 2.17. The molecule has 0 bridgehead atoms. The van der Waals surface area contributed by atoms with Crippen molar-refractivity contribution in [2.75, 3.05) is 11.5 Å². The molecule has 4 N–H and O–H groups in total. The predicted molar refractivity (Wildman–Crippen MR) is 76.8 cm³/mol. The van der Waals surface area contributed by atoms with Crippen molar-refractivity contribution in [2.24, 2.45) is 0 Å². The van der Waals surface area contributed by atoms with Crippen LogP contribution in [0, 0.1) is 0 Å². The summed E-state index contributed by atoms with van der Waals surface area (Å²) in [6, 6.07) is 15.0. The molecule has 0 saturated carbocycles. The molecule has 0 aliphatic carbocycles. The van der Waals surface area contributed by atoms with Gasteiger partial charge in [0.05, 0.1) is 0 Å². The quantitative estimate of drug-likeness (QED) is 0.700. The molecule has 6 heteroatoms. The number of nitrogens with zero attached hydrogens (tertiary/aromatic N) is 4. The Morgan fingerprint density at radius 1 is 0.950 bits per heavy atom. The summed E-state index contributed by atoms with van der Waals surface area (Å²) in [5.41, 5.74) is 15.1. The van der Waals surface area contributed by atoms with Crippen molar-refractivity contribution in [3.63, 3.8) is 0 Å². The number of rotatable bonds is 3. The number of hydrogen-bond acceptors (Lipinski definition) is 5. The van der Waals surface area contributed by atoms with Gasteiger partial charge >= 0.3 is 0 Å². The lowest BCUT2D eigenvalue weighted by molar-refractivity contribution is 0.505. The standard InChI is InChI=1S/C14H14N6/c15-11-7-5-10(6-8-11)14(20-18-9-17-19-20)12-3-1-2-4-13(12)16/h1-9,14H,15-16H2. The zero-order valence-corrected chi connectivity index (χ0v) is 10.7. The highest BCUT2D eigenvalue weighted by Gasteiger charge is 2.20. The van der Waals surface area contributed by atoms with Crippen molar-refractivity contribution in [3.05, 3.63) is 66.0 Å². The van der Waals surface area contributed by atoms with Crippen LogP contribution in [-0.2, 0) is 0 Å². The van der Waals surface area contributed by atoms with E-state index in [1.807, 2.05) is 48.5 Å². The lowest BCUT2D eigenvalue weighted by Crippen LogP contribution is -2.17. The van der Waals surface area contributed by atoms with Gasteiger partial charge in [0.1, 0.15) is 6.04 Å². The van der Waals surface area contributed by atoms with Gasteiger partial charge in [0.15, 0.2) is 6.33 Å². The van der Waals surface area contributed by atoms with Crippen LogP contribution in [0.15, 0.2) is 54.9 Å². The molecule has 0 aliphatic rings. The number of aromatic nitrogens is 4. The molecule has 0 saturated heterocycles. The van der Waals surface area contributed by atoms with E-state index in [1.54, 1.807) is 0 Å². The second-order valence-corrected chi connectivity index (χ2v) is 4.45. The second-order valence-electron chi connectivity index (χ2n) is 4.45. The Kier molecular flexibility index (Phi) is 3.04. The summed E-state index contributed by atoms with van der Waals surface area (Å²) in [6.07, 6.45) is 1.41. The summed E-state index contributed by atoms with van der Waals surface area (Å²) in [5.74, 6) is 0. The largest absolute Gasteiger partial charge is 0.399 e. The highest BCUT2D eigenvalue weighted by atomic mass is 15.6. The molecule has 1 aromatic heterocycles. The minimum atomic E-state index is -0.223. The van der Waals surface area contributed by atoms with E-state index in [-0.39, 0.29) is 6.04 Å². The average molecular weight is 266 g/mol. The summed E-state index contributed by atoms with van der Waals surface area (Å²) in [7, 11) is 0. The summed E-state index contributed by atoms with van der Waals surface area (Å²) in [6.45, 7) is 0. The fraction of sp³-hybridized carbons (Fsp3) is 0.0714. The maximum absolute atomic E-state index is 6.08. The third-order valence-corrected chi connectivity index (χ3v) is 3.14. The molecule has 3 aromatic rings. The molecule has 6 nitrogen and oxygen atoms in total. The van der Waals surface area contributed by atoms with E-state index >= 15 is 0 Å². The average Bonchev–Trinajstić information content (AvgIpc) is 2.97. The van der Waals surface area contributed by atoms with Crippen LogP contribution in [0.3, 0.4) is 0 Å². The van der Waals surface area contributed by atoms with Crippen LogP contribution in [0.25, 0.3) is 0 Å². The number of tetrazole rings is 1. The van der Waals surface area contributed by atoms with Gasteiger partial charge in [0, 0.05) is 16.9 Å². The Hall–Kier alpha value is -2.89. The lowest BCUT2D eigenvalue weighted by atomic mass is 9.97. The maximum atomic E-state index is 6.08. The fourth-order valence-electron chi connectivity index (χ4n) is 2.17. The zero-order chi connectivity index (χ0) is 13.9. The van der Waals surface area contributed by atoms with Crippen LogP contribution in [-0.4, -0.2) is 20.2 Å². The first-order valence-electron chi connectivity index (χ1n) is 6.18. The van der Waals surface area contributed by atoms with E-state index in [4.69, 9.17) is 11.5 Å². The van der Waals surface area contributed by atoms with Gasteiger partial charge in [-0.2, -0.15) is 4.80 Å². The van der Waals surface area contributed by atoms with Gasteiger partial charge in [-0.05, 0) is 29.0 Å². The van der Waals surface area contributed by atoms with Gasteiger partial charge in [0.2, 0.25) is 0 Å². The van der Waals surface area contributed by atoms with E-state index in [0.29, 0.717) is 11.4 Å². The molecule has 3 rings (SSSR count). The summed E-state index contributed by atoms with van der Waals surface area (Å²) < 4.78 is 0. The highest BCUT2D eigenvalue weighted by molar-refractivity contribution is 5.52. The molecule has 0 spiro atoms. The van der Waals surface area contributed by atoms with Crippen LogP contribution in [0.4, 0.5) is 11.4 Å². The molecule has 0 radical (unpaired) electrons. The van der Waals surface area contributed by atoms with Gasteiger partial charge in [-0.3, -0.25) is 0 Å². The molecule has 20 heavy (non-hydrogen) atoms. The minimum absolute atomic E-state index is 0.223. The number of para-hydroxylation sites is 1. The Balaban J connectivity index is 2.14. The lowest BCUT2D eigenvalue weighted by Gasteiger charge is -2.18. The van der Waals surface area contributed by atoms with Crippen molar-refractivity contribution in [1.82, 2.24) is 20.2 Å². The molecular weight excluding hydrogens is 252 g/mol. The number of nitrogen functional groups attached to an aromatic ring is 2. The summed E-state index contributed by atoms with van der Waals surface area (Å²) in [5, 5.41) is 11.9. The number of nitrogens with two attached hydrogens (primary N) is 2. The second kappa shape index (κ2) is 5.00. The smallest absolute Gasteiger partial charge is 0.162 e. The SMILES string of the molecule is Nc1ccc(C(c2ccccc2N)n2ncnn2)cc1. The molecule has 2 aromatic carbocycles. The van der Waals surface area contributed by atoms with Gasteiger partial charge in [-0.15, -0.1) is 10.2 Å². The van der Waals surface area contributed by atoms with E-state index in [2.05, 4.69) is 15.4 Å². The van der Waals surface area contributed by atoms with E-state index in [0.717, 1.165) is 11.1 Å². The molecule has 0 aliphatic heterocycles. The van der Waals surface area contributed by atoms with Crippen LogP contribution in [0.2, 0.25) is 0 Å². The Morgan fingerprint density at radius 3 is 2.35 bits per heavy atom. The van der Waals surface area contributed by atoms with Crippen molar-refractivity contribution < 1.29 is 0 Å². The number of hydrogen-bond donors (Lipinski definition) is 2. The Labute approximate surface area is 116 Å². The van der Waals surface area contributed by atoms with E-state index < -0.39 is 0 Å². The van der Waals surface area contributed by atoms with Crippen molar-refractivity contribution in [1.29, 1.82) is 0 Å². The first kappa shape index (κ1) is 12.2. The van der Waals surface area contributed by atoms with Crippen LogP contribution in [0.1, 0.15) is 17.2 Å². The van der Waals surface area contributed by atoms with Crippen molar-refractivity contribution in [2.45, 2.75) is 6.04 Å². The summed E-state index contributed by atoms with van der Waals surface area (Å²) in [4.78, 5) is 1.54. The van der Waals surface area contributed by atoms with Gasteiger partial charge in [0.25, 0.3) is 0 Å². The first-order valence-corrected chi connectivity index (χ1v) is 6.18. The molecule has 1 heterocycles. The highest BCUT2D eigenvalue weighted by Crippen LogP contribution is 2.29. The van der Waals surface area contributed by atoms with Gasteiger partial charge in [-0.25, -0.2) is 0 Å². The van der Waals surface area contributed by atoms with E-state index in [9.17, 15) is 0 Å². The van der Waals surface area contributed by atoms with Crippen LogP contribution in [0.5, 0.6) is 0 Å². The molecule has 1 unspecified atom stereocenters. The molecule has 0 fully saturated rings. The van der Waals surface area contributed by atoms with Crippen LogP contribution >= 0.6 is 0 Å². The normalized spacial score (nSPS) is 12.2. The number of anilines is 2. The topological polar surface area (TPSA) is 95.6 Å². The molecule has 100 valence electrons. The monoisotopic (exact) mass is 266 g/mol. The van der Waals surface area contributed by atoms with Crippen LogP contribution < -0.4 is 11.5 Å². The van der Waals surface area contributed by atoms with Crippen molar-refractivity contribution >= 4 is 11.4 Å². The van der Waals surface area contributed by atoms with E-state index in [1.165, 1.54) is 11.1 Å². The zero-order valence-electron chi connectivity index (χ0n) is 10.7. The van der Waals surface area contributed by atoms with Gasteiger partial charge in [-0.1, -0.05) is 30.3 Å². The molecule has 1 atom stereocenters. The maximum Gasteiger partial charge on any atom is 0.162 e. The third-order valence-electron chi connectivity index (χ3n) is 3.14. The summed E-state index contributed by atoms with van der Waals surface area (Å²) >= 11 is 0. The minimum Gasteiger partial charge on any atom is -0.399 e. The molecular formula is C14H14N6. The predicted octanol–water partition coefficient (Wildman–Crippen LogP) is 1.48. The van der Waals surface area contributed by atoms with Crippen molar-refractivity contribution in [3.8, 4) is 0 Å². The number of benzene rings is 2. The Bertz CT molecular complexity index is 690. The van der Waals surface area contributed by atoms with Gasteiger partial charge < -0.3 is 11.5 Å². The third kappa shape index (κ3) is 2.18. The Morgan fingerprint density at radius 2 is 1.70 bits per heavy atom. The first-order chi connectivity index (χ1) is 9.75. The molecule has 0 amide bonds.